The zero-order valence-electron chi connectivity index (χ0n) is 14.7. The van der Waals surface area contributed by atoms with Crippen LogP contribution in [0.3, 0.4) is 0 Å². The predicted molar refractivity (Wildman–Crippen MR) is 102 cm³/mol. The second kappa shape index (κ2) is 7.47. The van der Waals surface area contributed by atoms with Crippen molar-refractivity contribution in [3.8, 4) is 0 Å². The van der Waals surface area contributed by atoms with E-state index in [1.54, 1.807) is 24.3 Å². The molecule has 0 aliphatic heterocycles. The number of hydrogen-bond donors (Lipinski definition) is 3. The molecule has 0 radical (unpaired) electrons. The third kappa shape index (κ3) is 4.05. The monoisotopic (exact) mass is 373 g/mol. The van der Waals surface area contributed by atoms with Gasteiger partial charge in [0.15, 0.2) is 0 Å². The van der Waals surface area contributed by atoms with Crippen LogP contribution in [-0.2, 0) is 10.0 Å². The summed E-state index contributed by atoms with van der Waals surface area (Å²) in [6, 6.07) is 14.6. The Balaban J connectivity index is 1.65. The summed E-state index contributed by atoms with van der Waals surface area (Å²) >= 11 is 0. The van der Waals surface area contributed by atoms with Crippen LogP contribution in [0.2, 0.25) is 0 Å². The van der Waals surface area contributed by atoms with E-state index >= 15 is 0 Å². The van der Waals surface area contributed by atoms with Gasteiger partial charge in [0.05, 0.1) is 4.90 Å². The third-order valence-corrected chi connectivity index (χ3v) is 6.28. The standard InChI is InChI=1S/C19H23N3O3S/c1-20-19(12-5-13-19)14-21-18(23)15-8-10-17(11-9-15)26(24,25)22-16-6-3-2-4-7-16/h2-4,6-11,20,22H,5,12-14H2,1H3,(H,21,23). The van der Waals surface area contributed by atoms with Crippen LogP contribution in [0, 0.1) is 0 Å². The van der Waals surface area contributed by atoms with Gasteiger partial charge in [-0.25, -0.2) is 8.42 Å². The first-order valence-electron chi connectivity index (χ1n) is 8.59. The molecule has 0 spiro atoms. The van der Waals surface area contributed by atoms with Crippen LogP contribution in [0.4, 0.5) is 5.69 Å². The second-order valence-corrected chi connectivity index (χ2v) is 8.24. The highest BCUT2D eigenvalue weighted by Crippen LogP contribution is 2.30. The molecule has 2 aromatic carbocycles. The zero-order chi connectivity index (χ0) is 18.6. The van der Waals surface area contributed by atoms with Crippen molar-refractivity contribution in [3.63, 3.8) is 0 Å². The molecule has 1 fully saturated rings. The molecule has 0 saturated heterocycles. The smallest absolute Gasteiger partial charge is 0.261 e. The minimum absolute atomic E-state index is 0.00144. The Bertz CT molecular complexity index is 855. The van der Waals surface area contributed by atoms with Crippen molar-refractivity contribution in [2.24, 2.45) is 0 Å². The van der Waals surface area contributed by atoms with Crippen LogP contribution in [0.25, 0.3) is 0 Å². The number of nitrogens with one attached hydrogen (secondary N) is 3. The van der Waals surface area contributed by atoms with Crippen LogP contribution in [-0.4, -0.2) is 33.5 Å². The average Bonchev–Trinajstić information content (AvgIpc) is 2.61. The van der Waals surface area contributed by atoms with Crippen LogP contribution >= 0.6 is 0 Å². The number of anilines is 1. The van der Waals surface area contributed by atoms with E-state index in [0.717, 1.165) is 19.3 Å². The van der Waals surface area contributed by atoms with Gasteiger partial charge < -0.3 is 10.6 Å². The van der Waals surface area contributed by atoms with Gasteiger partial charge in [0.2, 0.25) is 0 Å². The van der Waals surface area contributed by atoms with Crippen LogP contribution in [0.15, 0.2) is 59.5 Å². The van der Waals surface area contributed by atoms with E-state index in [0.29, 0.717) is 17.8 Å². The van der Waals surface area contributed by atoms with Crippen LogP contribution in [0.5, 0.6) is 0 Å². The maximum atomic E-state index is 12.4. The minimum atomic E-state index is -3.68. The Morgan fingerprint density at radius 2 is 1.69 bits per heavy atom. The lowest BCUT2D eigenvalue weighted by Crippen LogP contribution is -2.56. The second-order valence-electron chi connectivity index (χ2n) is 6.56. The maximum Gasteiger partial charge on any atom is 0.261 e. The number of amides is 1. The van der Waals surface area contributed by atoms with Crippen LogP contribution < -0.4 is 15.4 Å². The summed E-state index contributed by atoms with van der Waals surface area (Å²) in [5.41, 5.74) is 0.930. The average molecular weight is 373 g/mol. The number of hydrogen-bond acceptors (Lipinski definition) is 4. The maximum absolute atomic E-state index is 12.4. The predicted octanol–water partition coefficient (Wildman–Crippen LogP) is 2.36. The normalized spacial score (nSPS) is 15.7. The first-order valence-corrected chi connectivity index (χ1v) is 10.1. The van der Waals surface area contributed by atoms with E-state index in [2.05, 4.69) is 15.4 Å². The topological polar surface area (TPSA) is 87.3 Å². The number of para-hydroxylation sites is 1. The molecule has 1 aliphatic rings. The first kappa shape index (κ1) is 18.4. The molecule has 0 atom stereocenters. The van der Waals surface area contributed by atoms with E-state index in [-0.39, 0.29) is 16.3 Å². The fourth-order valence-electron chi connectivity index (χ4n) is 2.98. The lowest BCUT2D eigenvalue weighted by molar-refractivity contribution is 0.0917. The number of sulfonamides is 1. The summed E-state index contributed by atoms with van der Waals surface area (Å²) in [6.45, 7) is 0.567. The summed E-state index contributed by atoms with van der Waals surface area (Å²) in [7, 11) is -1.77. The summed E-state index contributed by atoms with van der Waals surface area (Å²) < 4.78 is 27.3. The van der Waals surface area contributed by atoms with Crippen molar-refractivity contribution in [2.45, 2.75) is 29.7 Å². The van der Waals surface area contributed by atoms with Gasteiger partial charge >= 0.3 is 0 Å². The van der Waals surface area contributed by atoms with Crippen molar-refractivity contribution < 1.29 is 13.2 Å². The van der Waals surface area contributed by atoms with E-state index in [1.165, 1.54) is 24.3 Å². The van der Waals surface area contributed by atoms with Crippen molar-refractivity contribution >= 4 is 21.6 Å². The van der Waals surface area contributed by atoms with Gasteiger partial charge in [-0.05, 0) is 62.7 Å². The van der Waals surface area contributed by atoms with Gasteiger partial charge in [0, 0.05) is 23.3 Å². The molecule has 2 aromatic rings. The van der Waals surface area contributed by atoms with Crippen molar-refractivity contribution in [1.29, 1.82) is 0 Å². The van der Waals surface area contributed by atoms with Crippen molar-refractivity contribution in [1.82, 2.24) is 10.6 Å². The largest absolute Gasteiger partial charge is 0.350 e. The van der Waals surface area contributed by atoms with Crippen molar-refractivity contribution in [3.05, 3.63) is 60.2 Å². The van der Waals surface area contributed by atoms with Gasteiger partial charge in [0.25, 0.3) is 15.9 Å². The first-order chi connectivity index (χ1) is 12.4. The molecule has 0 bridgehead atoms. The Morgan fingerprint density at radius 1 is 1.04 bits per heavy atom. The van der Waals surface area contributed by atoms with E-state index in [1.807, 2.05) is 13.1 Å². The van der Waals surface area contributed by atoms with E-state index in [9.17, 15) is 13.2 Å². The third-order valence-electron chi connectivity index (χ3n) is 4.88. The van der Waals surface area contributed by atoms with Gasteiger partial charge in [-0.2, -0.15) is 0 Å². The lowest BCUT2D eigenvalue weighted by Gasteiger charge is -2.41. The highest BCUT2D eigenvalue weighted by Gasteiger charge is 2.35. The number of benzene rings is 2. The summed E-state index contributed by atoms with van der Waals surface area (Å²) in [6.07, 6.45) is 3.26. The van der Waals surface area contributed by atoms with Crippen molar-refractivity contribution in [2.75, 3.05) is 18.3 Å². The Morgan fingerprint density at radius 3 is 2.23 bits per heavy atom. The zero-order valence-corrected chi connectivity index (χ0v) is 15.5. The Hall–Kier alpha value is -2.38. The molecule has 0 aromatic heterocycles. The molecular formula is C19H23N3O3S. The van der Waals surface area contributed by atoms with E-state index < -0.39 is 10.0 Å². The summed E-state index contributed by atoms with van der Waals surface area (Å²) in [4.78, 5) is 12.4. The highest BCUT2D eigenvalue weighted by atomic mass is 32.2. The molecule has 26 heavy (non-hydrogen) atoms. The highest BCUT2D eigenvalue weighted by molar-refractivity contribution is 7.92. The Kier molecular flexibility index (Phi) is 5.29. The quantitative estimate of drug-likeness (QED) is 0.695. The van der Waals surface area contributed by atoms with Gasteiger partial charge in [-0.3, -0.25) is 9.52 Å². The molecule has 3 rings (SSSR count). The number of likely N-dealkylation sites (N-methyl/N-ethyl adjacent to an activating group) is 1. The Labute approximate surface area is 154 Å². The molecule has 0 unspecified atom stereocenters. The molecule has 1 saturated carbocycles. The molecule has 3 N–H and O–H groups in total. The molecule has 6 nitrogen and oxygen atoms in total. The minimum Gasteiger partial charge on any atom is -0.350 e. The summed E-state index contributed by atoms with van der Waals surface area (Å²) in [5, 5.41) is 6.20. The molecule has 138 valence electrons. The molecule has 7 heteroatoms. The lowest BCUT2D eigenvalue weighted by atomic mass is 9.77. The van der Waals surface area contributed by atoms with Gasteiger partial charge in [-0.15, -0.1) is 0 Å². The number of carbonyl (C=O) groups is 1. The molecule has 1 amide bonds. The number of rotatable bonds is 7. The molecular weight excluding hydrogens is 350 g/mol. The fourth-order valence-corrected chi connectivity index (χ4v) is 4.03. The van der Waals surface area contributed by atoms with E-state index in [4.69, 9.17) is 0 Å². The van der Waals surface area contributed by atoms with Gasteiger partial charge in [-0.1, -0.05) is 18.2 Å². The van der Waals surface area contributed by atoms with Gasteiger partial charge in [0.1, 0.15) is 0 Å². The fraction of sp³-hybridized carbons (Fsp3) is 0.316. The molecule has 1 aliphatic carbocycles. The SMILES string of the molecule is CNC1(CNC(=O)c2ccc(S(=O)(=O)Nc3ccccc3)cc2)CCC1. The summed E-state index contributed by atoms with van der Waals surface area (Å²) in [5.74, 6) is -0.202. The molecule has 0 heterocycles. The van der Waals surface area contributed by atoms with Crippen LogP contribution in [0.1, 0.15) is 29.6 Å². The number of carbonyl (C=O) groups excluding carboxylic acids is 1.